The first-order valence-electron chi connectivity index (χ1n) is 11.6. The van der Waals surface area contributed by atoms with Gasteiger partial charge in [-0.05, 0) is 55.6 Å². The molecule has 0 heterocycles. The largest absolute Gasteiger partial charge is 0.481 e. The third-order valence-corrected chi connectivity index (χ3v) is 6.79. The van der Waals surface area contributed by atoms with Gasteiger partial charge in [-0.3, -0.25) is 9.59 Å². The molecule has 2 aliphatic carbocycles. The Balaban J connectivity index is 1.36. The number of carboxylic acid groups (broad SMARTS) is 1. The van der Waals surface area contributed by atoms with Crippen molar-refractivity contribution in [2.24, 2.45) is 0 Å². The van der Waals surface area contributed by atoms with Crippen molar-refractivity contribution in [1.82, 2.24) is 15.5 Å². The van der Waals surface area contributed by atoms with Gasteiger partial charge in [-0.15, -0.1) is 0 Å². The monoisotopic (exact) mass is 465 g/mol. The molecule has 1 unspecified atom stereocenters. The fourth-order valence-electron chi connectivity index (χ4n) is 4.75. The normalized spacial score (nSPS) is 19.5. The first-order chi connectivity index (χ1) is 16.3. The summed E-state index contributed by atoms with van der Waals surface area (Å²) >= 11 is 0. The molecule has 180 valence electrons. The standard InChI is InChI=1S/C26H31N3O5/c1-29(2)17-13-16(14-17)27-25(32)23(11-12-24(30)31)28-26(33)34-15-22-20-9-5-3-7-18(20)19-8-4-6-10-21(19)22/h3-10,16-17,22-23H,11-15H2,1-2H3,(H,27,32)(H,28,33)(H,30,31). The third kappa shape index (κ3) is 5.22. The number of benzene rings is 2. The lowest BCUT2D eigenvalue weighted by atomic mass is 9.85. The molecular formula is C26H31N3O5. The highest BCUT2D eigenvalue weighted by molar-refractivity contribution is 5.86. The van der Waals surface area contributed by atoms with Crippen LogP contribution in [0.5, 0.6) is 0 Å². The zero-order chi connectivity index (χ0) is 24.2. The molecule has 4 rings (SSSR count). The van der Waals surface area contributed by atoms with Crippen molar-refractivity contribution in [2.75, 3.05) is 20.7 Å². The van der Waals surface area contributed by atoms with Crippen molar-refractivity contribution in [2.45, 2.75) is 49.7 Å². The van der Waals surface area contributed by atoms with Gasteiger partial charge in [-0.2, -0.15) is 0 Å². The number of fused-ring (bicyclic) bond motifs is 3. The van der Waals surface area contributed by atoms with Gasteiger partial charge >= 0.3 is 12.1 Å². The number of nitrogens with one attached hydrogen (secondary N) is 2. The summed E-state index contributed by atoms with van der Waals surface area (Å²) in [5.41, 5.74) is 4.44. The zero-order valence-corrected chi connectivity index (χ0v) is 19.5. The number of nitrogens with zero attached hydrogens (tertiary/aromatic N) is 1. The van der Waals surface area contributed by atoms with Crippen LogP contribution in [0, 0.1) is 0 Å². The Morgan fingerprint density at radius 1 is 1.03 bits per heavy atom. The Bertz CT molecular complexity index is 1020. The second-order valence-electron chi connectivity index (χ2n) is 9.25. The van der Waals surface area contributed by atoms with Gasteiger partial charge in [0.1, 0.15) is 12.6 Å². The van der Waals surface area contributed by atoms with E-state index in [2.05, 4.69) is 27.7 Å². The maximum absolute atomic E-state index is 12.8. The first-order valence-corrected chi connectivity index (χ1v) is 11.6. The number of hydrogen-bond acceptors (Lipinski definition) is 5. The van der Waals surface area contributed by atoms with Gasteiger partial charge in [0.05, 0.1) is 0 Å². The van der Waals surface area contributed by atoms with E-state index in [4.69, 9.17) is 9.84 Å². The third-order valence-electron chi connectivity index (χ3n) is 6.79. The van der Waals surface area contributed by atoms with Gasteiger partial charge in [0.25, 0.3) is 0 Å². The molecule has 8 heteroatoms. The number of aliphatic carboxylic acids is 1. The van der Waals surface area contributed by atoms with Gasteiger partial charge in [-0.1, -0.05) is 48.5 Å². The van der Waals surface area contributed by atoms with E-state index in [9.17, 15) is 14.4 Å². The highest BCUT2D eigenvalue weighted by Crippen LogP contribution is 2.44. The first kappa shape index (κ1) is 23.8. The summed E-state index contributed by atoms with van der Waals surface area (Å²) < 4.78 is 5.54. The Kier molecular flexibility index (Phi) is 7.17. The molecule has 2 amide bonds. The predicted octanol–water partition coefficient (Wildman–Crippen LogP) is 2.97. The number of alkyl carbamates (subject to hydrolysis) is 1. The SMILES string of the molecule is CN(C)C1CC(NC(=O)C(CCC(=O)O)NC(=O)OCC2c3ccccc3-c3ccccc32)C1. The number of rotatable bonds is 9. The second kappa shape index (κ2) is 10.3. The summed E-state index contributed by atoms with van der Waals surface area (Å²) in [6.45, 7) is 0.125. The zero-order valence-electron chi connectivity index (χ0n) is 19.5. The highest BCUT2D eigenvalue weighted by atomic mass is 16.5. The Labute approximate surface area is 199 Å². The van der Waals surface area contributed by atoms with Crippen LogP contribution in [0.15, 0.2) is 48.5 Å². The molecule has 0 aliphatic heterocycles. The molecule has 1 atom stereocenters. The minimum Gasteiger partial charge on any atom is -0.481 e. The molecule has 0 bridgehead atoms. The maximum atomic E-state index is 12.8. The highest BCUT2D eigenvalue weighted by Gasteiger charge is 2.34. The van der Waals surface area contributed by atoms with E-state index in [1.54, 1.807) is 0 Å². The summed E-state index contributed by atoms with van der Waals surface area (Å²) in [4.78, 5) is 38.6. The van der Waals surface area contributed by atoms with Crippen molar-refractivity contribution in [3.05, 3.63) is 59.7 Å². The molecule has 34 heavy (non-hydrogen) atoms. The molecule has 0 radical (unpaired) electrons. The Morgan fingerprint density at radius 3 is 2.18 bits per heavy atom. The number of ether oxygens (including phenoxy) is 1. The molecule has 2 aromatic rings. The van der Waals surface area contributed by atoms with Crippen LogP contribution >= 0.6 is 0 Å². The number of hydrogen-bond donors (Lipinski definition) is 3. The van der Waals surface area contributed by atoms with E-state index >= 15 is 0 Å². The Morgan fingerprint density at radius 2 is 1.62 bits per heavy atom. The number of amides is 2. The van der Waals surface area contributed by atoms with Gasteiger partial charge in [0.15, 0.2) is 0 Å². The molecule has 0 saturated heterocycles. The quantitative estimate of drug-likeness (QED) is 0.526. The fraction of sp³-hybridized carbons (Fsp3) is 0.423. The molecular weight excluding hydrogens is 434 g/mol. The molecule has 3 N–H and O–H groups in total. The average Bonchev–Trinajstić information content (AvgIpc) is 3.10. The van der Waals surface area contributed by atoms with E-state index in [0.717, 1.165) is 35.1 Å². The minimum atomic E-state index is -1.02. The van der Waals surface area contributed by atoms with Crippen molar-refractivity contribution in [1.29, 1.82) is 0 Å². The molecule has 1 saturated carbocycles. The predicted molar refractivity (Wildman–Crippen MR) is 128 cm³/mol. The van der Waals surface area contributed by atoms with E-state index in [0.29, 0.717) is 6.04 Å². The lowest BCUT2D eigenvalue weighted by Crippen LogP contribution is -2.56. The van der Waals surface area contributed by atoms with Crippen LogP contribution in [0.25, 0.3) is 11.1 Å². The Hall–Kier alpha value is -3.39. The summed E-state index contributed by atoms with van der Waals surface area (Å²) in [5, 5.41) is 14.6. The maximum Gasteiger partial charge on any atom is 0.407 e. The molecule has 0 spiro atoms. The molecule has 1 fully saturated rings. The fourth-order valence-corrected chi connectivity index (χ4v) is 4.75. The van der Waals surface area contributed by atoms with Gasteiger partial charge in [0.2, 0.25) is 5.91 Å². The molecule has 0 aromatic heterocycles. The van der Waals surface area contributed by atoms with Crippen LogP contribution in [0.1, 0.15) is 42.7 Å². The van der Waals surface area contributed by atoms with Gasteiger partial charge in [-0.25, -0.2) is 4.79 Å². The van der Waals surface area contributed by atoms with Crippen LogP contribution in [0.2, 0.25) is 0 Å². The van der Waals surface area contributed by atoms with Crippen molar-refractivity contribution in [3.8, 4) is 11.1 Å². The van der Waals surface area contributed by atoms with Crippen LogP contribution in [-0.4, -0.2) is 66.8 Å². The van der Waals surface area contributed by atoms with Crippen molar-refractivity contribution in [3.63, 3.8) is 0 Å². The van der Waals surface area contributed by atoms with Gasteiger partial charge < -0.3 is 25.4 Å². The average molecular weight is 466 g/mol. The van der Waals surface area contributed by atoms with Crippen LogP contribution in [0.3, 0.4) is 0 Å². The van der Waals surface area contributed by atoms with Crippen molar-refractivity contribution >= 4 is 18.0 Å². The van der Waals surface area contributed by atoms with E-state index in [1.807, 2.05) is 50.5 Å². The lowest BCUT2D eigenvalue weighted by Gasteiger charge is -2.40. The van der Waals surface area contributed by atoms with Crippen LogP contribution in [-0.2, 0) is 14.3 Å². The van der Waals surface area contributed by atoms with E-state index in [-0.39, 0.29) is 37.3 Å². The molecule has 2 aromatic carbocycles. The minimum absolute atomic E-state index is 0.00477. The summed E-state index contributed by atoms with van der Waals surface area (Å²) in [5.74, 6) is -1.50. The van der Waals surface area contributed by atoms with Crippen LogP contribution < -0.4 is 10.6 Å². The lowest BCUT2D eigenvalue weighted by molar-refractivity contribution is -0.137. The molecule has 2 aliphatic rings. The van der Waals surface area contributed by atoms with Gasteiger partial charge in [0, 0.05) is 24.4 Å². The van der Waals surface area contributed by atoms with E-state index < -0.39 is 18.1 Å². The smallest absolute Gasteiger partial charge is 0.407 e. The molecule has 8 nitrogen and oxygen atoms in total. The van der Waals surface area contributed by atoms with Crippen LogP contribution in [0.4, 0.5) is 4.79 Å². The topological polar surface area (TPSA) is 108 Å². The van der Waals surface area contributed by atoms with Crippen molar-refractivity contribution < 1.29 is 24.2 Å². The van der Waals surface area contributed by atoms with E-state index in [1.165, 1.54) is 0 Å². The number of carbonyl (C=O) groups excluding carboxylic acids is 2. The summed E-state index contributed by atoms with van der Waals surface area (Å²) in [6, 6.07) is 15.5. The number of carboxylic acids is 1. The number of carbonyl (C=O) groups is 3. The second-order valence-corrected chi connectivity index (χ2v) is 9.25. The summed E-state index contributed by atoms with van der Waals surface area (Å²) in [7, 11) is 3.99. The summed E-state index contributed by atoms with van der Waals surface area (Å²) in [6.07, 6.45) is 0.694.